The lowest BCUT2D eigenvalue weighted by molar-refractivity contribution is -0.137. The Balaban J connectivity index is 2.34. The third-order valence-corrected chi connectivity index (χ3v) is 3.54. The molecule has 3 rings (SSSR count). The molecule has 0 fully saturated rings. The number of nitrogens with one attached hydrogen (secondary N) is 1. The lowest BCUT2D eigenvalue weighted by atomic mass is 10.0. The maximum Gasteiger partial charge on any atom is 0.416 e. The number of alkyl halides is 3. The molecule has 0 saturated heterocycles. The highest BCUT2D eigenvalue weighted by Gasteiger charge is 2.32. The van der Waals surface area contributed by atoms with Crippen LogP contribution in [0.5, 0.6) is 0 Å². The standard InChI is InChI=1S/C13H11F3N2O2/c14-13(15,16)7-1-2-8-9-3-4-17-6-11(9)18(12(19)20)10(8)5-7/h1-2,5,17H,3-4,6H2,(H,19,20). The molecule has 1 aromatic carbocycles. The first-order valence-electron chi connectivity index (χ1n) is 6.07. The van der Waals surface area contributed by atoms with Crippen molar-refractivity contribution < 1.29 is 23.1 Å². The van der Waals surface area contributed by atoms with E-state index < -0.39 is 17.8 Å². The van der Waals surface area contributed by atoms with Gasteiger partial charge in [-0.2, -0.15) is 13.2 Å². The summed E-state index contributed by atoms with van der Waals surface area (Å²) in [6.07, 6.45) is -5.14. The van der Waals surface area contributed by atoms with E-state index in [1.807, 2.05) is 0 Å². The van der Waals surface area contributed by atoms with Crippen molar-refractivity contribution in [3.8, 4) is 0 Å². The Morgan fingerprint density at radius 2 is 2.10 bits per heavy atom. The number of halogens is 3. The first-order valence-corrected chi connectivity index (χ1v) is 6.07. The lowest BCUT2D eigenvalue weighted by Crippen LogP contribution is -2.26. The summed E-state index contributed by atoms with van der Waals surface area (Å²) in [5.74, 6) is 0. The quantitative estimate of drug-likeness (QED) is 0.782. The Kier molecular flexibility index (Phi) is 2.75. The van der Waals surface area contributed by atoms with E-state index in [0.29, 0.717) is 30.6 Å². The number of nitrogens with zero attached hydrogens (tertiary/aromatic N) is 1. The Morgan fingerprint density at radius 3 is 2.75 bits per heavy atom. The van der Waals surface area contributed by atoms with Gasteiger partial charge in [0.05, 0.1) is 11.1 Å². The third kappa shape index (κ3) is 1.85. The van der Waals surface area contributed by atoms with E-state index in [1.54, 1.807) is 0 Å². The maximum absolute atomic E-state index is 12.8. The second-order valence-electron chi connectivity index (χ2n) is 4.70. The molecule has 0 amide bonds. The van der Waals surface area contributed by atoms with Crippen molar-refractivity contribution >= 4 is 17.0 Å². The highest BCUT2D eigenvalue weighted by Crippen LogP contribution is 2.35. The number of hydrogen-bond acceptors (Lipinski definition) is 2. The number of rotatable bonds is 0. The van der Waals surface area contributed by atoms with Gasteiger partial charge in [0.15, 0.2) is 0 Å². The zero-order chi connectivity index (χ0) is 14.5. The van der Waals surface area contributed by atoms with Crippen molar-refractivity contribution in [2.45, 2.75) is 19.1 Å². The molecule has 20 heavy (non-hydrogen) atoms. The van der Waals surface area contributed by atoms with E-state index in [2.05, 4.69) is 5.32 Å². The second kappa shape index (κ2) is 4.24. The Bertz CT molecular complexity index is 704. The average molecular weight is 284 g/mol. The molecule has 0 bridgehead atoms. The van der Waals surface area contributed by atoms with E-state index in [-0.39, 0.29) is 5.52 Å². The van der Waals surface area contributed by atoms with Gasteiger partial charge in [0.2, 0.25) is 0 Å². The molecule has 4 nitrogen and oxygen atoms in total. The van der Waals surface area contributed by atoms with Crippen LogP contribution in [0.3, 0.4) is 0 Å². The molecule has 0 unspecified atom stereocenters. The normalized spacial score (nSPS) is 15.3. The van der Waals surface area contributed by atoms with Gasteiger partial charge in [0, 0.05) is 17.6 Å². The smallest absolute Gasteiger partial charge is 0.416 e. The molecule has 0 saturated carbocycles. The van der Waals surface area contributed by atoms with Crippen LogP contribution in [0.2, 0.25) is 0 Å². The first-order chi connectivity index (χ1) is 9.39. The maximum atomic E-state index is 12.8. The Hall–Kier alpha value is -2.02. The molecular formula is C13H11F3N2O2. The minimum absolute atomic E-state index is 0.0982. The fraction of sp³-hybridized carbons (Fsp3) is 0.308. The van der Waals surface area contributed by atoms with E-state index in [0.717, 1.165) is 22.3 Å². The molecule has 1 aromatic heterocycles. The minimum Gasteiger partial charge on any atom is -0.464 e. The van der Waals surface area contributed by atoms with Gasteiger partial charge < -0.3 is 10.4 Å². The summed E-state index contributed by atoms with van der Waals surface area (Å²) in [7, 11) is 0. The molecule has 0 radical (unpaired) electrons. The van der Waals surface area contributed by atoms with Gasteiger partial charge in [-0.3, -0.25) is 0 Å². The van der Waals surface area contributed by atoms with E-state index in [9.17, 15) is 23.1 Å². The SMILES string of the molecule is O=C(O)n1c2c(c3ccc(C(F)(F)F)cc31)CCNC2. The highest BCUT2D eigenvalue weighted by atomic mass is 19.4. The number of carbonyl (C=O) groups is 1. The summed E-state index contributed by atoms with van der Waals surface area (Å²) in [5, 5.41) is 12.9. The van der Waals surface area contributed by atoms with Crippen LogP contribution in [0.4, 0.5) is 18.0 Å². The summed E-state index contributed by atoms with van der Waals surface area (Å²) in [6.45, 7) is 1.03. The van der Waals surface area contributed by atoms with Gasteiger partial charge in [0.1, 0.15) is 0 Å². The molecule has 7 heteroatoms. The molecule has 2 heterocycles. The summed E-state index contributed by atoms with van der Waals surface area (Å²) < 4.78 is 39.2. The first kappa shape index (κ1) is 13.0. The van der Waals surface area contributed by atoms with Crippen LogP contribution in [-0.2, 0) is 19.1 Å². The van der Waals surface area contributed by atoms with Gasteiger partial charge in [-0.15, -0.1) is 0 Å². The Morgan fingerprint density at radius 1 is 1.35 bits per heavy atom. The number of benzene rings is 1. The summed E-state index contributed by atoms with van der Waals surface area (Å²) in [4.78, 5) is 11.4. The van der Waals surface area contributed by atoms with Crippen molar-refractivity contribution in [1.82, 2.24) is 9.88 Å². The van der Waals surface area contributed by atoms with Gasteiger partial charge >= 0.3 is 12.3 Å². The molecule has 0 aliphatic carbocycles. The number of hydrogen-bond donors (Lipinski definition) is 2. The van der Waals surface area contributed by atoms with E-state index >= 15 is 0 Å². The van der Waals surface area contributed by atoms with Gasteiger partial charge in [0.25, 0.3) is 0 Å². The predicted molar refractivity (Wildman–Crippen MR) is 65.8 cm³/mol. The average Bonchev–Trinajstić information content (AvgIpc) is 2.71. The number of fused-ring (bicyclic) bond motifs is 3. The van der Waals surface area contributed by atoms with Crippen molar-refractivity contribution in [2.75, 3.05) is 6.54 Å². The van der Waals surface area contributed by atoms with Gasteiger partial charge in [-0.25, -0.2) is 9.36 Å². The van der Waals surface area contributed by atoms with Crippen molar-refractivity contribution in [2.24, 2.45) is 0 Å². The fourth-order valence-corrected chi connectivity index (χ4v) is 2.69. The van der Waals surface area contributed by atoms with E-state index in [1.165, 1.54) is 6.07 Å². The molecule has 0 atom stereocenters. The Labute approximate surface area is 111 Å². The minimum atomic E-state index is -4.49. The second-order valence-corrected chi connectivity index (χ2v) is 4.70. The third-order valence-electron chi connectivity index (χ3n) is 3.54. The molecular weight excluding hydrogens is 273 g/mol. The van der Waals surface area contributed by atoms with Crippen LogP contribution in [0, 0.1) is 0 Å². The topological polar surface area (TPSA) is 54.3 Å². The van der Waals surface area contributed by atoms with Crippen molar-refractivity contribution in [3.05, 3.63) is 35.0 Å². The van der Waals surface area contributed by atoms with Crippen LogP contribution >= 0.6 is 0 Å². The molecule has 1 aliphatic rings. The zero-order valence-corrected chi connectivity index (χ0v) is 10.3. The summed E-state index contributed by atoms with van der Waals surface area (Å²) in [5.41, 5.74) is 0.601. The van der Waals surface area contributed by atoms with Crippen LogP contribution in [0.25, 0.3) is 10.9 Å². The van der Waals surface area contributed by atoms with Crippen LogP contribution in [0.15, 0.2) is 18.2 Å². The highest BCUT2D eigenvalue weighted by molar-refractivity contribution is 5.93. The monoisotopic (exact) mass is 284 g/mol. The molecule has 2 aromatic rings. The fourth-order valence-electron chi connectivity index (χ4n) is 2.69. The van der Waals surface area contributed by atoms with Crippen molar-refractivity contribution in [1.29, 1.82) is 0 Å². The lowest BCUT2D eigenvalue weighted by Gasteiger charge is -2.14. The predicted octanol–water partition coefficient (Wildman–Crippen LogP) is 2.83. The van der Waals surface area contributed by atoms with Gasteiger partial charge in [-0.1, -0.05) is 6.07 Å². The summed E-state index contributed by atoms with van der Waals surface area (Å²) in [6, 6.07) is 3.26. The van der Waals surface area contributed by atoms with Gasteiger partial charge in [-0.05, 0) is 30.7 Å². The molecule has 1 aliphatic heterocycles. The van der Waals surface area contributed by atoms with Crippen LogP contribution in [-0.4, -0.2) is 22.3 Å². The molecule has 106 valence electrons. The van der Waals surface area contributed by atoms with Crippen LogP contribution in [0.1, 0.15) is 16.8 Å². The molecule has 0 spiro atoms. The summed E-state index contributed by atoms with van der Waals surface area (Å²) >= 11 is 0. The zero-order valence-electron chi connectivity index (χ0n) is 10.3. The van der Waals surface area contributed by atoms with Crippen LogP contribution < -0.4 is 5.32 Å². The number of carboxylic acid groups (broad SMARTS) is 1. The molecule has 2 N–H and O–H groups in total. The van der Waals surface area contributed by atoms with E-state index in [4.69, 9.17) is 0 Å². The number of aromatic nitrogens is 1. The van der Waals surface area contributed by atoms with Crippen molar-refractivity contribution in [3.63, 3.8) is 0 Å². The largest absolute Gasteiger partial charge is 0.464 e.